The molecule has 1 aromatic heterocycles. The van der Waals surface area contributed by atoms with Crippen LogP contribution in [0.1, 0.15) is 12.5 Å². The van der Waals surface area contributed by atoms with Gasteiger partial charge in [-0.2, -0.15) is 11.8 Å². The van der Waals surface area contributed by atoms with Gasteiger partial charge in [0.15, 0.2) is 5.16 Å². The predicted molar refractivity (Wildman–Crippen MR) is 74.6 cm³/mol. The van der Waals surface area contributed by atoms with Gasteiger partial charge in [0.05, 0.1) is 11.0 Å². The molecule has 16 heavy (non-hydrogen) atoms. The molecule has 1 aromatic carbocycles. The van der Waals surface area contributed by atoms with Crippen molar-refractivity contribution < 1.29 is 0 Å². The van der Waals surface area contributed by atoms with Crippen molar-refractivity contribution in [1.29, 1.82) is 0 Å². The van der Waals surface area contributed by atoms with Gasteiger partial charge in [0, 0.05) is 11.5 Å². The average molecular weight is 252 g/mol. The van der Waals surface area contributed by atoms with Crippen molar-refractivity contribution in [1.82, 2.24) is 9.97 Å². The number of aromatic amines is 1. The Bertz CT molecular complexity index is 465. The molecule has 0 bridgehead atoms. The third-order valence-corrected chi connectivity index (χ3v) is 4.32. The van der Waals surface area contributed by atoms with Crippen LogP contribution >= 0.6 is 23.5 Å². The van der Waals surface area contributed by atoms with E-state index in [0.717, 1.165) is 21.9 Å². The molecule has 0 saturated heterocycles. The Balaban J connectivity index is 2.02. The van der Waals surface area contributed by atoms with Crippen LogP contribution in [0.15, 0.2) is 23.4 Å². The Kier molecular flexibility index (Phi) is 4.18. The van der Waals surface area contributed by atoms with Gasteiger partial charge in [0.2, 0.25) is 0 Å². The predicted octanol–water partition coefficient (Wildman–Crippen LogP) is 3.72. The minimum Gasteiger partial charge on any atom is -0.333 e. The molecule has 0 atom stereocenters. The normalized spacial score (nSPS) is 11.1. The van der Waals surface area contributed by atoms with Crippen LogP contribution in [-0.2, 0) is 0 Å². The van der Waals surface area contributed by atoms with Crippen molar-refractivity contribution in [2.45, 2.75) is 19.0 Å². The first-order valence-electron chi connectivity index (χ1n) is 5.46. The molecule has 2 rings (SSSR count). The maximum Gasteiger partial charge on any atom is 0.166 e. The molecule has 0 saturated carbocycles. The zero-order valence-corrected chi connectivity index (χ0v) is 11.3. The van der Waals surface area contributed by atoms with Gasteiger partial charge in [-0.15, -0.1) is 0 Å². The number of rotatable bonds is 5. The topological polar surface area (TPSA) is 28.7 Å². The summed E-state index contributed by atoms with van der Waals surface area (Å²) in [7, 11) is 0. The summed E-state index contributed by atoms with van der Waals surface area (Å²) in [6.07, 6.45) is 0. The summed E-state index contributed by atoms with van der Waals surface area (Å²) < 4.78 is 0. The zero-order valence-electron chi connectivity index (χ0n) is 9.62. The zero-order chi connectivity index (χ0) is 11.4. The van der Waals surface area contributed by atoms with Crippen LogP contribution in [0, 0.1) is 6.92 Å². The molecule has 2 nitrogen and oxygen atoms in total. The Morgan fingerprint density at radius 1 is 1.31 bits per heavy atom. The molecule has 1 heterocycles. The van der Waals surface area contributed by atoms with Crippen LogP contribution in [0.2, 0.25) is 0 Å². The fraction of sp³-hybridized carbons (Fsp3) is 0.417. The second kappa shape index (κ2) is 5.64. The van der Waals surface area contributed by atoms with E-state index in [0.29, 0.717) is 0 Å². The molecule has 4 heteroatoms. The molecule has 0 amide bonds. The summed E-state index contributed by atoms with van der Waals surface area (Å²) in [6, 6.07) is 6.32. The Morgan fingerprint density at radius 2 is 2.19 bits per heavy atom. The third kappa shape index (κ3) is 2.95. The van der Waals surface area contributed by atoms with Crippen molar-refractivity contribution in [2.75, 3.05) is 17.3 Å². The van der Waals surface area contributed by atoms with Crippen molar-refractivity contribution in [3.8, 4) is 0 Å². The molecular formula is C12H16N2S2. The van der Waals surface area contributed by atoms with E-state index in [1.807, 2.05) is 11.8 Å². The summed E-state index contributed by atoms with van der Waals surface area (Å²) in [5.74, 6) is 3.51. The lowest BCUT2D eigenvalue weighted by atomic mass is 10.2. The first-order valence-corrected chi connectivity index (χ1v) is 7.60. The van der Waals surface area contributed by atoms with Gasteiger partial charge in [-0.05, 0) is 30.4 Å². The quantitative estimate of drug-likeness (QED) is 0.649. The number of hydrogen-bond acceptors (Lipinski definition) is 3. The molecule has 86 valence electrons. The molecule has 0 unspecified atom stereocenters. The summed E-state index contributed by atoms with van der Waals surface area (Å²) in [6.45, 7) is 4.30. The first kappa shape index (κ1) is 11.9. The second-order valence-electron chi connectivity index (χ2n) is 3.61. The van der Waals surface area contributed by atoms with Crippen LogP contribution in [0.4, 0.5) is 0 Å². The van der Waals surface area contributed by atoms with Crippen molar-refractivity contribution >= 4 is 34.6 Å². The molecule has 0 aliphatic heterocycles. The number of nitrogens with zero attached hydrogens (tertiary/aromatic N) is 1. The standard InChI is InChI=1S/C12H16N2S2/c1-3-15-6-7-16-12-13-10-5-4-9(2)8-11(10)14-12/h4-5,8H,3,6-7H2,1-2H3,(H,13,14). The Labute approximate surface area is 105 Å². The Hall–Kier alpha value is -0.610. The number of H-pyrrole nitrogens is 1. The highest BCUT2D eigenvalue weighted by molar-refractivity contribution is 8.02. The maximum atomic E-state index is 4.55. The van der Waals surface area contributed by atoms with E-state index in [4.69, 9.17) is 0 Å². The number of fused-ring (bicyclic) bond motifs is 1. The van der Waals surface area contributed by atoms with E-state index in [-0.39, 0.29) is 0 Å². The summed E-state index contributed by atoms with van der Waals surface area (Å²) in [5.41, 5.74) is 3.48. The van der Waals surface area contributed by atoms with Crippen LogP contribution < -0.4 is 0 Å². The van der Waals surface area contributed by atoms with E-state index in [1.165, 1.54) is 17.1 Å². The van der Waals surface area contributed by atoms with E-state index < -0.39 is 0 Å². The van der Waals surface area contributed by atoms with Crippen molar-refractivity contribution in [3.05, 3.63) is 23.8 Å². The number of imidazole rings is 1. The summed E-state index contributed by atoms with van der Waals surface area (Å²) >= 11 is 3.78. The monoisotopic (exact) mass is 252 g/mol. The van der Waals surface area contributed by atoms with E-state index in [9.17, 15) is 0 Å². The van der Waals surface area contributed by atoms with Gasteiger partial charge in [-0.3, -0.25) is 0 Å². The molecular weight excluding hydrogens is 236 g/mol. The van der Waals surface area contributed by atoms with Crippen LogP contribution in [0.3, 0.4) is 0 Å². The molecule has 0 fully saturated rings. The second-order valence-corrected chi connectivity index (χ2v) is 6.09. The number of thioether (sulfide) groups is 2. The highest BCUT2D eigenvalue weighted by atomic mass is 32.2. The number of hydrogen-bond donors (Lipinski definition) is 1. The fourth-order valence-electron chi connectivity index (χ4n) is 1.51. The van der Waals surface area contributed by atoms with Gasteiger partial charge >= 0.3 is 0 Å². The maximum absolute atomic E-state index is 4.55. The molecule has 0 aliphatic rings. The number of aromatic nitrogens is 2. The fourth-order valence-corrected chi connectivity index (χ4v) is 3.14. The lowest BCUT2D eigenvalue weighted by Crippen LogP contribution is -1.85. The highest BCUT2D eigenvalue weighted by Crippen LogP contribution is 2.20. The smallest absolute Gasteiger partial charge is 0.166 e. The van der Waals surface area contributed by atoms with Crippen LogP contribution in [0.25, 0.3) is 11.0 Å². The van der Waals surface area contributed by atoms with E-state index in [1.54, 1.807) is 11.8 Å². The summed E-state index contributed by atoms with van der Waals surface area (Å²) in [5, 5.41) is 1.04. The van der Waals surface area contributed by atoms with Crippen LogP contribution in [0.5, 0.6) is 0 Å². The van der Waals surface area contributed by atoms with E-state index >= 15 is 0 Å². The third-order valence-electron chi connectivity index (χ3n) is 2.29. The number of aryl methyl sites for hydroxylation is 1. The molecule has 0 aliphatic carbocycles. The van der Waals surface area contributed by atoms with Crippen molar-refractivity contribution in [2.24, 2.45) is 0 Å². The largest absolute Gasteiger partial charge is 0.333 e. The van der Waals surface area contributed by atoms with Crippen molar-refractivity contribution in [3.63, 3.8) is 0 Å². The minimum atomic E-state index is 1.04. The minimum absolute atomic E-state index is 1.04. The number of benzene rings is 1. The van der Waals surface area contributed by atoms with E-state index in [2.05, 4.69) is 42.0 Å². The van der Waals surface area contributed by atoms with Gasteiger partial charge in [-0.1, -0.05) is 24.8 Å². The van der Waals surface area contributed by atoms with Crippen LogP contribution in [-0.4, -0.2) is 27.2 Å². The summed E-state index contributed by atoms with van der Waals surface area (Å²) in [4.78, 5) is 7.91. The van der Waals surface area contributed by atoms with Gasteiger partial charge in [0.25, 0.3) is 0 Å². The van der Waals surface area contributed by atoms with Gasteiger partial charge in [0.1, 0.15) is 0 Å². The molecule has 0 radical (unpaired) electrons. The van der Waals surface area contributed by atoms with Gasteiger partial charge < -0.3 is 4.98 Å². The lowest BCUT2D eigenvalue weighted by Gasteiger charge is -1.95. The lowest BCUT2D eigenvalue weighted by molar-refractivity contribution is 1.08. The number of nitrogens with one attached hydrogen (secondary N) is 1. The molecule has 2 aromatic rings. The highest BCUT2D eigenvalue weighted by Gasteiger charge is 2.02. The first-order chi connectivity index (χ1) is 7.79. The molecule has 1 N–H and O–H groups in total. The van der Waals surface area contributed by atoms with Gasteiger partial charge in [-0.25, -0.2) is 4.98 Å². The Morgan fingerprint density at radius 3 is 3.00 bits per heavy atom. The average Bonchev–Trinajstić information content (AvgIpc) is 2.66. The SMILES string of the molecule is CCSCCSc1nc2ccc(C)cc2[nH]1. The molecule has 0 spiro atoms.